The second-order valence-corrected chi connectivity index (χ2v) is 6.61. The van der Waals surface area contributed by atoms with E-state index < -0.39 is 0 Å². The van der Waals surface area contributed by atoms with E-state index in [1.165, 1.54) is 0 Å². The maximum atomic E-state index is 12.2. The number of fused-ring (bicyclic) bond motifs is 1. The average Bonchev–Trinajstić information content (AvgIpc) is 3.15. The highest BCUT2D eigenvalue weighted by Crippen LogP contribution is 2.20. The normalized spacial score (nSPS) is 17.9. The third-order valence-corrected chi connectivity index (χ3v) is 4.55. The van der Waals surface area contributed by atoms with Crippen molar-refractivity contribution >= 4 is 22.7 Å². The van der Waals surface area contributed by atoms with Crippen molar-refractivity contribution in [2.24, 2.45) is 5.92 Å². The van der Waals surface area contributed by atoms with Gasteiger partial charge in [-0.15, -0.1) is 0 Å². The smallest absolute Gasteiger partial charge is 0.225 e. The van der Waals surface area contributed by atoms with E-state index in [0.717, 1.165) is 23.9 Å². The number of amides is 2. The van der Waals surface area contributed by atoms with Crippen LogP contribution in [-0.2, 0) is 16.1 Å². The summed E-state index contributed by atoms with van der Waals surface area (Å²) in [6.07, 6.45) is 3.00. The Morgan fingerprint density at radius 2 is 2.17 bits per heavy atom. The molecule has 0 bridgehead atoms. The quantitative estimate of drug-likeness (QED) is 0.822. The lowest BCUT2D eigenvalue weighted by atomic mass is 10.1. The molecule has 0 radical (unpaired) electrons. The fourth-order valence-corrected chi connectivity index (χ4v) is 3.20. The Kier molecular flexibility index (Phi) is 4.83. The molecule has 1 N–H and O–H groups in total. The predicted molar refractivity (Wildman–Crippen MR) is 92.3 cm³/mol. The highest BCUT2D eigenvalue weighted by atomic mass is 16.2. The van der Waals surface area contributed by atoms with Crippen molar-refractivity contribution in [1.29, 1.82) is 0 Å². The molecule has 0 spiro atoms. The standard InChI is InChI=1S/C18H24N4O2/c1-13(2)21-12-15(10-17(21)23)18(24)19-8-5-9-22-16-7-4-3-6-14(16)11-20-22/h3-4,6-7,11,13,15H,5,8-10,12H2,1-2H3,(H,19,24)/t15-/m0/s1. The summed E-state index contributed by atoms with van der Waals surface area (Å²) in [5.41, 5.74) is 1.11. The van der Waals surface area contributed by atoms with Gasteiger partial charge in [0.05, 0.1) is 17.6 Å². The molecule has 128 valence electrons. The molecular weight excluding hydrogens is 304 g/mol. The van der Waals surface area contributed by atoms with Crippen LogP contribution in [0.1, 0.15) is 26.7 Å². The maximum absolute atomic E-state index is 12.2. The van der Waals surface area contributed by atoms with E-state index in [1.54, 1.807) is 4.90 Å². The van der Waals surface area contributed by atoms with Crippen LogP contribution in [0, 0.1) is 5.92 Å². The van der Waals surface area contributed by atoms with Crippen molar-refractivity contribution in [3.8, 4) is 0 Å². The molecule has 6 nitrogen and oxygen atoms in total. The van der Waals surface area contributed by atoms with Crippen LogP contribution in [0.2, 0.25) is 0 Å². The number of benzene rings is 1. The van der Waals surface area contributed by atoms with E-state index in [4.69, 9.17) is 0 Å². The topological polar surface area (TPSA) is 67.2 Å². The number of hydrogen-bond acceptors (Lipinski definition) is 3. The molecule has 0 saturated carbocycles. The van der Waals surface area contributed by atoms with Gasteiger partial charge in [-0.2, -0.15) is 5.10 Å². The lowest BCUT2D eigenvalue weighted by molar-refractivity contribution is -0.129. The van der Waals surface area contributed by atoms with E-state index in [2.05, 4.69) is 10.4 Å². The molecule has 1 fully saturated rings. The number of carbonyl (C=O) groups is 2. The number of likely N-dealkylation sites (tertiary alicyclic amines) is 1. The van der Waals surface area contributed by atoms with E-state index in [-0.39, 0.29) is 23.8 Å². The molecule has 1 aliphatic heterocycles. The highest BCUT2D eigenvalue weighted by Gasteiger charge is 2.35. The first kappa shape index (κ1) is 16.5. The molecule has 6 heteroatoms. The number of nitrogens with zero attached hydrogens (tertiary/aromatic N) is 3. The third-order valence-electron chi connectivity index (χ3n) is 4.55. The number of carbonyl (C=O) groups excluding carboxylic acids is 2. The average molecular weight is 328 g/mol. The SMILES string of the molecule is CC(C)N1C[C@@H](C(=O)NCCCn2ncc3ccccc32)CC1=O. The van der Waals surface area contributed by atoms with Crippen LogP contribution >= 0.6 is 0 Å². The molecule has 1 aromatic heterocycles. The second-order valence-electron chi connectivity index (χ2n) is 6.61. The first-order valence-corrected chi connectivity index (χ1v) is 8.54. The fraction of sp³-hybridized carbons (Fsp3) is 0.500. The molecule has 2 heterocycles. The molecule has 0 aliphatic carbocycles. The molecule has 3 rings (SSSR count). The lowest BCUT2D eigenvalue weighted by Gasteiger charge is -2.20. The molecule has 1 aromatic carbocycles. The van der Waals surface area contributed by atoms with Crippen LogP contribution in [0.4, 0.5) is 0 Å². The van der Waals surface area contributed by atoms with Crippen LogP contribution in [0.3, 0.4) is 0 Å². The Morgan fingerprint density at radius 3 is 2.92 bits per heavy atom. The van der Waals surface area contributed by atoms with E-state index in [9.17, 15) is 9.59 Å². The van der Waals surface area contributed by atoms with Gasteiger partial charge in [0.25, 0.3) is 0 Å². The molecule has 2 amide bonds. The van der Waals surface area contributed by atoms with Crippen molar-refractivity contribution < 1.29 is 9.59 Å². The van der Waals surface area contributed by atoms with Gasteiger partial charge in [-0.25, -0.2) is 0 Å². The summed E-state index contributed by atoms with van der Waals surface area (Å²) in [5, 5.41) is 8.46. The Bertz CT molecular complexity index is 737. The third kappa shape index (κ3) is 3.42. The Labute approximate surface area is 141 Å². The number of rotatable bonds is 6. The number of hydrogen-bond donors (Lipinski definition) is 1. The Morgan fingerprint density at radius 1 is 1.38 bits per heavy atom. The van der Waals surface area contributed by atoms with E-state index in [1.807, 2.05) is 49.0 Å². The van der Waals surface area contributed by atoms with Gasteiger partial charge in [-0.1, -0.05) is 18.2 Å². The first-order valence-electron chi connectivity index (χ1n) is 8.54. The van der Waals surface area contributed by atoms with E-state index >= 15 is 0 Å². The second kappa shape index (κ2) is 7.03. The molecule has 0 unspecified atom stereocenters. The predicted octanol–water partition coefficient (Wildman–Crippen LogP) is 1.80. The van der Waals surface area contributed by atoms with Crippen molar-refractivity contribution in [3.05, 3.63) is 30.5 Å². The zero-order valence-corrected chi connectivity index (χ0v) is 14.2. The first-order chi connectivity index (χ1) is 11.6. The number of nitrogens with one attached hydrogen (secondary N) is 1. The Balaban J connectivity index is 1.45. The summed E-state index contributed by atoms with van der Waals surface area (Å²) in [5.74, 6) is -0.157. The zero-order valence-electron chi connectivity index (χ0n) is 14.2. The van der Waals surface area contributed by atoms with Gasteiger partial charge >= 0.3 is 0 Å². The number of para-hydroxylation sites is 1. The summed E-state index contributed by atoms with van der Waals surface area (Å²) in [6.45, 7) is 5.85. The Hall–Kier alpha value is -2.37. The molecule has 1 atom stereocenters. The van der Waals surface area contributed by atoms with Crippen LogP contribution < -0.4 is 5.32 Å². The van der Waals surface area contributed by atoms with Crippen molar-refractivity contribution in [3.63, 3.8) is 0 Å². The van der Waals surface area contributed by atoms with Crippen LogP contribution in [-0.4, -0.2) is 45.6 Å². The van der Waals surface area contributed by atoms with Crippen LogP contribution in [0.25, 0.3) is 10.9 Å². The monoisotopic (exact) mass is 328 g/mol. The minimum Gasteiger partial charge on any atom is -0.356 e. The van der Waals surface area contributed by atoms with Gasteiger partial charge in [0, 0.05) is 37.5 Å². The number of aryl methyl sites for hydroxylation is 1. The summed E-state index contributed by atoms with van der Waals surface area (Å²) in [6, 6.07) is 8.24. The van der Waals surface area contributed by atoms with Gasteiger partial charge < -0.3 is 10.2 Å². The minimum absolute atomic E-state index is 0.0168. The fourth-order valence-electron chi connectivity index (χ4n) is 3.20. The highest BCUT2D eigenvalue weighted by molar-refractivity contribution is 5.89. The summed E-state index contributed by atoms with van der Waals surface area (Å²) in [4.78, 5) is 25.9. The summed E-state index contributed by atoms with van der Waals surface area (Å²) >= 11 is 0. The number of aromatic nitrogens is 2. The molecule has 1 saturated heterocycles. The van der Waals surface area contributed by atoms with Gasteiger partial charge in [-0.05, 0) is 26.3 Å². The largest absolute Gasteiger partial charge is 0.356 e. The minimum atomic E-state index is -0.217. The molecular formula is C18H24N4O2. The zero-order chi connectivity index (χ0) is 17.1. The van der Waals surface area contributed by atoms with Crippen molar-refractivity contribution in [1.82, 2.24) is 20.0 Å². The molecule has 2 aromatic rings. The molecule has 24 heavy (non-hydrogen) atoms. The molecule has 1 aliphatic rings. The van der Waals surface area contributed by atoms with E-state index in [0.29, 0.717) is 19.5 Å². The van der Waals surface area contributed by atoms with Gasteiger partial charge in [0.2, 0.25) is 11.8 Å². The summed E-state index contributed by atoms with van der Waals surface area (Å²) in [7, 11) is 0. The van der Waals surface area contributed by atoms with Gasteiger partial charge in [0.15, 0.2) is 0 Å². The summed E-state index contributed by atoms with van der Waals surface area (Å²) < 4.78 is 1.96. The van der Waals surface area contributed by atoms with Gasteiger partial charge in [0.1, 0.15) is 0 Å². The lowest BCUT2D eigenvalue weighted by Crippen LogP contribution is -2.36. The van der Waals surface area contributed by atoms with Crippen molar-refractivity contribution in [2.75, 3.05) is 13.1 Å². The van der Waals surface area contributed by atoms with Crippen molar-refractivity contribution in [2.45, 2.75) is 39.3 Å². The van der Waals surface area contributed by atoms with Crippen LogP contribution in [0.15, 0.2) is 30.5 Å². The maximum Gasteiger partial charge on any atom is 0.225 e. The van der Waals surface area contributed by atoms with Crippen LogP contribution in [0.5, 0.6) is 0 Å². The van der Waals surface area contributed by atoms with Gasteiger partial charge in [-0.3, -0.25) is 14.3 Å².